The molecule has 1 aliphatic rings. The molecule has 0 spiro atoms. The summed E-state index contributed by atoms with van der Waals surface area (Å²) in [4.78, 5) is 14.8. The number of aryl methyl sites for hydroxylation is 1. The van der Waals surface area contributed by atoms with Crippen molar-refractivity contribution in [3.05, 3.63) is 57.8 Å². The van der Waals surface area contributed by atoms with Gasteiger partial charge in [0.15, 0.2) is 0 Å². The molecule has 144 valence electrons. The predicted octanol–water partition coefficient (Wildman–Crippen LogP) is 4.68. The van der Waals surface area contributed by atoms with Gasteiger partial charge in [-0.15, -0.1) is 11.3 Å². The molecule has 1 fully saturated rings. The summed E-state index contributed by atoms with van der Waals surface area (Å²) >= 11 is 1.75. The van der Waals surface area contributed by atoms with Crippen LogP contribution < -0.4 is 4.74 Å². The maximum absolute atomic E-state index is 11.3. The van der Waals surface area contributed by atoms with Gasteiger partial charge in [0.05, 0.1) is 13.0 Å². The Labute approximate surface area is 165 Å². The van der Waals surface area contributed by atoms with E-state index >= 15 is 0 Å². The Morgan fingerprint density at radius 2 is 2.19 bits per heavy atom. The summed E-state index contributed by atoms with van der Waals surface area (Å²) in [5, 5.41) is 11.4. The van der Waals surface area contributed by atoms with Crippen LogP contribution in [0.25, 0.3) is 5.57 Å². The van der Waals surface area contributed by atoms with E-state index in [0.717, 1.165) is 43.7 Å². The van der Waals surface area contributed by atoms with Crippen LogP contribution in [0.3, 0.4) is 0 Å². The zero-order chi connectivity index (χ0) is 19.2. The van der Waals surface area contributed by atoms with E-state index in [1.807, 2.05) is 18.2 Å². The Kier molecular flexibility index (Phi) is 6.69. The maximum atomic E-state index is 11.3. The smallest absolute Gasteiger partial charge is 0.307 e. The Bertz CT molecular complexity index is 811. The molecule has 2 aromatic rings. The Morgan fingerprint density at radius 1 is 1.37 bits per heavy atom. The van der Waals surface area contributed by atoms with Crippen LogP contribution in [0.4, 0.5) is 0 Å². The Morgan fingerprint density at radius 3 is 2.89 bits per heavy atom. The number of thiophene rings is 1. The third-order valence-corrected chi connectivity index (χ3v) is 6.20. The van der Waals surface area contributed by atoms with E-state index in [-0.39, 0.29) is 5.92 Å². The molecule has 2 heterocycles. The van der Waals surface area contributed by atoms with Crippen LogP contribution in [0.5, 0.6) is 5.75 Å². The molecule has 1 atom stereocenters. The van der Waals surface area contributed by atoms with Gasteiger partial charge < -0.3 is 14.7 Å². The number of hydrogen-bond acceptors (Lipinski definition) is 4. The molecule has 0 bridgehead atoms. The first kappa shape index (κ1) is 19.6. The number of piperidine rings is 1. The molecular formula is C22H27NO3S. The van der Waals surface area contributed by atoms with Crippen molar-refractivity contribution in [2.45, 2.75) is 26.2 Å². The molecule has 5 heteroatoms. The first-order valence-corrected chi connectivity index (χ1v) is 10.3. The van der Waals surface area contributed by atoms with Crippen molar-refractivity contribution in [1.29, 1.82) is 0 Å². The average Bonchev–Trinajstić information content (AvgIpc) is 3.11. The quantitative estimate of drug-likeness (QED) is 0.752. The van der Waals surface area contributed by atoms with Gasteiger partial charge in [-0.05, 0) is 61.4 Å². The fourth-order valence-electron chi connectivity index (χ4n) is 3.69. The van der Waals surface area contributed by atoms with Crippen LogP contribution in [0.15, 0.2) is 41.8 Å². The van der Waals surface area contributed by atoms with Gasteiger partial charge in [-0.25, -0.2) is 0 Å². The van der Waals surface area contributed by atoms with E-state index in [1.165, 1.54) is 16.0 Å². The second-order valence-electron chi connectivity index (χ2n) is 7.02. The van der Waals surface area contributed by atoms with Crippen molar-refractivity contribution in [3.63, 3.8) is 0 Å². The summed E-state index contributed by atoms with van der Waals surface area (Å²) in [7, 11) is 1.71. The molecule has 3 rings (SSSR count). The van der Waals surface area contributed by atoms with Crippen LogP contribution in [0, 0.1) is 12.8 Å². The summed E-state index contributed by atoms with van der Waals surface area (Å²) in [5.41, 5.74) is 3.57. The van der Waals surface area contributed by atoms with Gasteiger partial charge in [0.25, 0.3) is 0 Å². The van der Waals surface area contributed by atoms with E-state index in [2.05, 4.69) is 35.4 Å². The van der Waals surface area contributed by atoms with E-state index in [9.17, 15) is 9.90 Å². The highest BCUT2D eigenvalue weighted by atomic mass is 32.1. The van der Waals surface area contributed by atoms with Crippen LogP contribution in [0.2, 0.25) is 0 Å². The van der Waals surface area contributed by atoms with Crippen molar-refractivity contribution in [2.75, 3.05) is 26.7 Å². The number of carboxylic acids is 1. The zero-order valence-electron chi connectivity index (χ0n) is 16.0. The van der Waals surface area contributed by atoms with Gasteiger partial charge in [-0.2, -0.15) is 0 Å². The number of nitrogens with zero attached hydrogens (tertiary/aromatic N) is 1. The molecule has 0 saturated carbocycles. The summed E-state index contributed by atoms with van der Waals surface area (Å²) < 4.78 is 5.59. The summed E-state index contributed by atoms with van der Waals surface area (Å²) in [6, 6.07) is 10.3. The molecule has 1 aromatic carbocycles. The fraction of sp³-hybridized carbons (Fsp3) is 0.409. The molecule has 1 N–H and O–H groups in total. The lowest BCUT2D eigenvalue weighted by Gasteiger charge is -2.30. The lowest BCUT2D eigenvalue weighted by atomic mass is 9.97. The second kappa shape index (κ2) is 9.20. The topological polar surface area (TPSA) is 49.8 Å². The van der Waals surface area contributed by atoms with Crippen LogP contribution in [-0.2, 0) is 4.79 Å². The first-order chi connectivity index (χ1) is 13.1. The molecule has 0 radical (unpaired) electrons. The largest absolute Gasteiger partial charge is 0.496 e. The highest BCUT2D eigenvalue weighted by Crippen LogP contribution is 2.35. The molecule has 1 aromatic heterocycles. The van der Waals surface area contributed by atoms with Crippen LogP contribution in [-0.4, -0.2) is 42.7 Å². The number of hydrogen-bond donors (Lipinski definition) is 1. The molecular weight excluding hydrogens is 358 g/mol. The number of rotatable bonds is 7. The van der Waals surface area contributed by atoms with Crippen molar-refractivity contribution in [1.82, 2.24) is 4.90 Å². The first-order valence-electron chi connectivity index (χ1n) is 9.43. The Balaban J connectivity index is 1.79. The van der Waals surface area contributed by atoms with E-state index in [1.54, 1.807) is 18.4 Å². The number of carbonyl (C=O) groups is 1. The van der Waals surface area contributed by atoms with Gasteiger partial charge in [-0.3, -0.25) is 4.79 Å². The summed E-state index contributed by atoms with van der Waals surface area (Å²) in [6.45, 7) is 4.66. The number of methoxy groups -OCH3 is 1. The normalized spacial score (nSPS) is 18.4. The van der Waals surface area contributed by atoms with E-state index in [4.69, 9.17) is 4.74 Å². The van der Waals surface area contributed by atoms with Crippen molar-refractivity contribution >= 4 is 22.9 Å². The SMILES string of the molecule is COc1ccccc1/C(=C/CCN1CCCC(C(=O)O)C1)c1sccc1C. The fourth-order valence-corrected chi connectivity index (χ4v) is 4.67. The van der Waals surface area contributed by atoms with Gasteiger partial charge >= 0.3 is 5.97 Å². The average molecular weight is 386 g/mol. The predicted molar refractivity (Wildman–Crippen MR) is 111 cm³/mol. The molecule has 27 heavy (non-hydrogen) atoms. The monoisotopic (exact) mass is 385 g/mol. The van der Waals surface area contributed by atoms with Gasteiger partial charge in [-0.1, -0.05) is 24.3 Å². The van der Waals surface area contributed by atoms with Crippen molar-refractivity contribution < 1.29 is 14.6 Å². The molecule has 0 amide bonds. The van der Waals surface area contributed by atoms with E-state index < -0.39 is 5.97 Å². The Hall–Kier alpha value is -2.11. The molecule has 4 nitrogen and oxygen atoms in total. The van der Waals surface area contributed by atoms with E-state index in [0.29, 0.717) is 6.54 Å². The van der Waals surface area contributed by atoms with Crippen LogP contribution >= 0.6 is 11.3 Å². The number of benzene rings is 1. The number of likely N-dealkylation sites (tertiary alicyclic amines) is 1. The lowest BCUT2D eigenvalue weighted by molar-refractivity contribution is -0.143. The lowest BCUT2D eigenvalue weighted by Crippen LogP contribution is -2.39. The third kappa shape index (κ3) is 4.79. The van der Waals surface area contributed by atoms with Gasteiger partial charge in [0.2, 0.25) is 0 Å². The zero-order valence-corrected chi connectivity index (χ0v) is 16.8. The van der Waals surface area contributed by atoms with Crippen molar-refractivity contribution in [2.24, 2.45) is 5.92 Å². The van der Waals surface area contributed by atoms with Crippen LogP contribution in [0.1, 0.15) is 35.3 Å². The maximum Gasteiger partial charge on any atom is 0.307 e. The number of ether oxygens (including phenoxy) is 1. The third-order valence-electron chi connectivity index (χ3n) is 5.15. The van der Waals surface area contributed by atoms with Gasteiger partial charge in [0.1, 0.15) is 5.75 Å². The second-order valence-corrected chi connectivity index (χ2v) is 7.93. The van der Waals surface area contributed by atoms with Crippen molar-refractivity contribution in [3.8, 4) is 5.75 Å². The molecule has 1 aliphatic heterocycles. The number of carboxylic acid groups (broad SMARTS) is 1. The number of aliphatic carboxylic acids is 1. The molecule has 1 saturated heterocycles. The highest BCUT2D eigenvalue weighted by Gasteiger charge is 2.24. The minimum atomic E-state index is -0.667. The minimum absolute atomic E-state index is 0.226. The standard InChI is InChI=1S/C22H27NO3S/c1-16-11-14-27-21(16)19(18-8-3-4-10-20(18)26-2)9-6-13-23-12-5-7-17(15-23)22(24)25/h3-4,8-11,14,17H,5-7,12-13,15H2,1-2H3,(H,24,25)/b19-9-. The molecule has 1 unspecified atom stereocenters. The molecule has 0 aliphatic carbocycles. The summed E-state index contributed by atoms with van der Waals surface area (Å²) in [6.07, 6.45) is 4.92. The minimum Gasteiger partial charge on any atom is -0.496 e. The highest BCUT2D eigenvalue weighted by molar-refractivity contribution is 7.11. The summed E-state index contributed by atoms with van der Waals surface area (Å²) in [5.74, 6) is -0.0180. The number of para-hydroxylation sites is 1. The van der Waals surface area contributed by atoms with Gasteiger partial charge in [0, 0.05) is 23.5 Å².